The van der Waals surface area contributed by atoms with Crippen molar-refractivity contribution in [3.63, 3.8) is 0 Å². The Kier molecular flexibility index (Phi) is 3.83. The fourth-order valence-corrected chi connectivity index (χ4v) is 7.06. The van der Waals surface area contributed by atoms with E-state index in [1.807, 2.05) is 6.08 Å². The van der Waals surface area contributed by atoms with Crippen LogP contribution in [0.4, 0.5) is 0 Å². The Hall–Kier alpha value is -1.00. The SMILES string of the molecule is CC(=O)C1CCC2C3=CC(=O)C4CC(O)C(O)CC4(C)C3CCC12C. The number of hydrogen-bond acceptors (Lipinski definition) is 4. The van der Waals surface area contributed by atoms with Crippen molar-refractivity contribution in [1.29, 1.82) is 0 Å². The number of carbonyl (C=O) groups excluding carboxylic acids is 2. The van der Waals surface area contributed by atoms with Gasteiger partial charge in [-0.1, -0.05) is 19.4 Å². The van der Waals surface area contributed by atoms with Gasteiger partial charge in [-0.15, -0.1) is 0 Å². The molecule has 4 aliphatic rings. The second kappa shape index (κ2) is 5.50. The molecular weight excluding hydrogens is 316 g/mol. The first-order valence-corrected chi connectivity index (χ1v) is 9.80. The van der Waals surface area contributed by atoms with Gasteiger partial charge in [0.15, 0.2) is 5.78 Å². The van der Waals surface area contributed by atoms with E-state index in [0.717, 1.165) is 25.7 Å². The van der Waals surface area contributed by atoms with Crippen LogP contribution in [0.3, 0.4) is 0 Å². The monoisotopic (exact) mass is 346 g/mol. The van der Waals surface area contributed by atoms with Crippen LogP contribution in [-0.4, -0.2) is 34.0 Å². The van der Waals surface area contributed by atoms with Crippen LogP contribution >= 0.6 is 0 Å². The third-order valence-corrected chi connectivity index (χ3v) is 8.42. The second-order valence-corrected chi connectivity index (χ2v) is 9.57. The minimum atomic E-state index is -0.792. The first kappa shape index (κ1) is 17.4. The molecule has 2 N–H and O–H groups in total. The molecule has 4 nitrogen and oxygen atoms in total. The molecule has 138 valence electrons. The predicted molar refractivity (Wildman–Crippen MR) is 93.7 cm³/mol. The molecule has 0 aliphatic heterocycles. The molecule has 8 unspecified atom stereocenters. The zero-order valence-corrected chi connectivity index (χ0v) is 15.5. The quantitative estimate of drug-likeness (QED) is 0.765. The molecule has 3 saturated carbocycles. The third kappa shape index (κ3) is 2.26. The summed E-state index contributed by atoms with van der Waals surface area (Å²) < 4.78 is 0. The smallest absolute Gasteiger partial charge is 0.159 e. The number of Topliss-reactive ketones (excluding diaryl/α,β-unsaturated/α-hetero) is 1. The lowest BCUT2D eigenvalue weighted by atomic mass is 9.47. The second-order valence-electron chi connectivity index (χ2n) is 9.57. The molecule has 0 aromatic carbocycles. The predicted octanol–water partition coefficient (Wildman–Crippen LogP) is 2.67. The lowest BCUT2D eigenvalue weighted by Crippen LogP contribution is -2.55. The molecule has 4 aliphatic carbocycles. The minimum Gasteiger partial charge on any atom is -0.390 e. The number of allylic oxidation sites excluding steroid dienone is 2. The maximum atomic E-state index is 12.9. The van der Waals surface area contributed by atoms with Crippen LogP contribution in [0.2, 0.25) is 0 Å². The van der Waals surface area contributed by atoms with E-state index in [1.165, 1.54) is 5.57 Å². The molecule has 0 saturated heterocycles. The molecule has 3 fully saturated rings. The van der Waals surface area contributed by atoms with Gasteiger partial charge in [0.1, 0.15) is 5.78 Å². The van der Waals surface area contributed by atoms with E-state index >= 15 is 0 Å². The summed E-state index contributed by atoms with van der Waals surface area (Å²) in [7, 11) is 0. The van der Waals surface area contributed by atoms with Crippen LogP contribution in [0, 0.1) is 34.5 Å². The van der Waals surface area contributed by atoms with Gasteiger partial charge in [0.25, 0.3) is 0 Å². The summed E-state index contributed by atoms with van der Waals surface area (Å²) in [6.45, 7) is 6.09. The highest BCUT2D eigenvalue weighted by Gasteiger charge is 2.60. The number of hydrogen-bond donors (Lipinski definition) is 2. The van der Waals surface area contributed by atoms with Crippen LogP contribution in [0.1, 0.15) is 59.3 Å². The van der Waals surface area contributed by atoms with E-state index < -0.39 is 12.2 Å². The minimum absolute atomic E-state index is 0.0234. The molecule has 0 heterocycles. The summed E-state index contributed by atoms with van der Waals surface area (Å²) in [6.07, 6.45) is 5.10. The van der Waals surface area contributed by atoms with Crippen LogP contribution in [0.25, 0.3) is 0 Å². The van der Waals surface area contributed by atoms with Crippen LogP contribution in [-0.2, 0) is 9.59 Å². The lowest BCUT2D eigenvalue weighted by Gasteiger charge is -2.57. The van der Waals surface area contributed by atoms with E-state index in [2.05, 4.69) is 13.8 Å². The average molecular weight is 346 g/mol. The van der Waals surface area contributed by atoms with E-state index in [4.69, 9.17) is 0 Å². The number of fused-ring (bicyclic) bond motifs is 5. The van der Waals surface area contributed by atoms with Gasteiger partial charge in [-0.25, -0.2) is 0 Å². The molecular formula is C21H30O4. The summed E-state index contributed by atoms with van der Waals surface area (Å²) >= 11 is 0. The standard InChI is InChI=1S/C21H30O4/c1-11(22)13-4-5-14-12-8-17(23)16-9-18(24)19(25)10-21(16,3)15(12)6-7-20(13,14)2/h8,13-16,18-19,24-25H,4-7,9-10H2,1-3H3. The molecule has 4 heteroatoms. The van der Waals surface area contributed by atoms with Crippen molar-refractivity contribution >= 4 is 11.6 Å². The van der Waals surface area contributed by atoms with Gasteiger partial charge in [-0.05, 0) is 74.2 Å². The Bertz CT molecular complexity index is 652. The third-order valence-electron chi connectivity index (χ3n) is 8.42. The van der Waals surface area contributed by atoms with E-state index in [-0.39, 0.29) is 34.2 Å². The Morgan fingerprint density at radius 1 is 1.04 bits per heavy atom. The number of aliphatic hydroxyl groups excluding tert-OH is 2. The van der Waals surface area contributed by atoms with E-state index in [1.54, 1.807) is 6.92 Å². The highest BCUT2D eigenvalue weighted by Crippen LogP contribution is 2.65. The highest BCUT2D eigenvalue weighted by atomic mass is 16.3. The number of carbonyl (C=O) groups is 2. The Balaban J connectivity index is 1.74. The molecule has 0 spiro atoms. The normalized spacial score (nSPS) is 52.0. The van der Waals surface area contributed by atoms with Gasteiger partial charge in [-0.3, -0.25) is 9.59 Å². The summed E-state index contributed by atoms with van der Waals surface area (Å²) in [6, 6.07) is 0. The van der Waals surface area contributed by atoms with Crippen molar-refractivity contribution in [3.8, 4) is 0 Å². The number of aliphatic hydroxyl groups is 2. The van der Waals surface area contributed by atoms with Gasteiger partial charge in [0.2, 0.25) is 0 Å². The molecule has 25 heavy (non-hydrogen) atoms. The first-order chi connectivity index (χ1) is 11.7. The average Bonchev–Trinajstić information content (AvgIpc) is 2.88. The highest BCUT2D eigenvalue weighted by molar-refractivity contribution is 5.94. The van der Waals surface area contributed by atoms with Gasteiger partial charge in [-0.2, -0.15) is 0 Å². The first-order valence-electron chi connectivity index (χ1n) is 9.80. The molecule has 0 aromatic heterocycles. The maximum absolute atomic E-state index is 12.9. The Morgan fingerprint density at radius 2 is 1.72 bits per heavy atom. The van der Waals surface area contributed by atoms with Crippen LogP contribution in [0.15, 0.2) is 11.6 Å². The summed E-state index contributed by atoms with van der Waals surface area (Å²) in [5.41, 5.74) is 0.949. The van der Waals surface area contributed by atoms with Crippen molar-refractivity contribution in [1.82, 2.24) is 0 Å². The summed E-state index contributed by atoms with van der Waals surface area (Å²) in [4.78, 5) is 25.1. The Morgan fingerprint density at radius 3 is 2.40 bits per heavy atom. The lowest BCUT2D eigenvalue weighted by molar-refractivity contribution is -0.143. The molecule has 0 radical (unpaired) electrons. The van der Waals surface area contributed by atoms with Crippen molar-refractivity contribution in [2.75, 3.05) is 0 Å². The molecule has 0 amide bonds. The number of rotatable bonds is 1. The van der Waals surface area contributed by atoms with Gasteiger partial charge < -0.3 is 10.2 Å². The molecule has 0 bridgehead atoms. The van der Waals surface area contributed by atoms with Crippen LogP contribution in [0.5, 0.6) is 0 Å². The number of ketones is 2. The van der Waals surface area contributed by atoms with Gasteiger partial charge in [0.05, 0.1) is 12.2 Å². The largest absolute Gasteiger partial charge is 0.390 e. The fourth-order valence-electron chi connectivity index (χ4n) is 7.06. The Labute approximate surface area is 149 Å². The maximum Gasteiger partial charge on any atom is 0.159 e. The molecule has 8 atom stereocenters. The van der Waals surface area contributed by atoms with Gasteiger partial charge in [0, 0.05) is 11.8 Å². The summed E-state index contributed by atoms with van der Waals surface area (Å²) in [5, 5.41) is 20.4. The molecule has 4 rings (SSSR count). The topological polar surface area (TPSA) is 74.6 Å². The van der Waals surface area contributed by atoms with E-state index in [0.29, 0.717) is 24.7 Å². The zero-order valence-electron chi connectivity index (χ0n) is 15.5. The fraction of sp³-hybridized carbons (Fsp3) is 0.810. The zero-order chi connectivity index (χ0) is 18.1. The van der Waals surface area contributed by atoms with Crippen molar-refractivity contribution in [3.05, 3.63) is 11.6 Å². The van der Waals surface area contributed by atoms with Crippen molar-refractivity contribution in [2.24, 2.45) is 34.5 Å². The van der Waals surface area contributed by atoms with Gasteiger partial charge >= 0.3 is 0 Å². The van der Waals surface area contributed by atoms with Crippen LogP contribution < -0.4 is 0 Å². The molecule has 0 aromatic rings. The summed E-state index contributed by atoms with van der Waals surface area (Å²) in [5.74, 6) is 0.932. The van der Waals surface area contributed by atoms with Crippen molar-refractivity contribution < 1.29 is 19.8 Å². The van der Waals surface area contributed by atoms with Crippen molar-refractivity contribution in [2.45, 2.75) is 71.5 Å². The van der Waals surface area contributed by atoms with E-state index in [9.17, 15) is 19.8 Å².